The number of nitrogens with two attached hydrogens (primary N) is 1. The van der Waals surface area contributed by atoms with Crippen LogP contribution in [0.4, 0.5) is 0 Å². The van der Waals surface area contributed by atoms with E-state index in [1.54, 1.807) is 0 Å². The summed E-state index contributed by atoms with van der Waals surface area (Å²) in [5, 5.41) is 6.11. The van der Waals surface area contributed by atoms with Crippen LogP contribution in [-0.2, 0) is 0 Å². The lowest BCUT2D eigenvalue weighted by Crippen LogP contribution is -2.27. The summed E-state index contributed by atoms with van der Waals surface area (Å²) in [6.07, 6.45) is 3.98. The molecule has 6 nitrogen and oxygen atoms in total. The molecular formula is C10H16N4O2. The van der Waals surface area contributed by atoms with E-state index in [2.05, 4.69) is 15.5 Å². The molecule has 2 rings (SSSR count). The second kappa shape index (κ2) is 4.61. The quantitative estimate of drug-likeness (QED) is 0.759. The number of hydrogen-bond acceptors (Lipinski definition) is 5. The van der Waals surface area contributed by atoms with Crippen molar-refractivity contribution in [2.24, 2.45) is 5.73 Å². The van der Waals surface area contributed by atoms with Crippen LogP contribution in [0, 0.1) is 0 Å². The fraction of sp³-hybridized carbons (Fsp3) is 0.700. The first-order chi connectivity index (χ1) is 7.70. The Morgan fingerprint density at radius 2 is 2.38 bits per heavy atom. The molecule has 1 aliphatic rings. The van der Waals surface area contributed by atoms with Crippen molar-refractivity contribution in [2.75, 3.05) is 7.05 Å². The molecule has 1 saturated carbocycles. The first-order valence-corrected chi connectivity index (χ1v) is 5.52. The lowest BCUT2D eigenvalue weighted by atomic mass is 9.86. The molecule has 1 aliphatic carbocycles. The number of aromatic nitrogens is 2. The Kier molecular flexibility index (Phi) is 3.19. The second-order valence-electron chi connectivity index (χ2n) is 4.16. The highest BCUT2D eigenvalue weighted by Gasteiger charge is 2.26. The molecule has 0 saturated heterocycles. The van der Waals surface area contributed by atoms with Crippen molar-refractivity contribution in [3.63, 3.8) is 0 Å². The van der Waals surface area contributed by atoms with E-state index < -0.39 is 0 Å². The van der Waals surface area contributed by atoms with Gasteiger partial charge in [-0.25, -0.2) is 0 Å². The molecule has 88 valence electrons. The first-order valence-electron chi connectivity index (χ1n) is 5.52. The van der Waals surface area contributed by atoms with Gasteiger partial charge in [0.25, 0.3) is 11.7 Å². The lowest BCUT2D eigenvalue weighted by Gasteiger charge is -2.23. The smallest absolute Gasteiger partial charge is 0.292 e. The molecule has 1 heterocycles. The van der Waals surface area contributed by atoms with Gasteiger partial charge in [-0.05, 0) is 19.3 Å². The number of nitrogens with one attached hydrogen (secondary N) is 1. The van der Waals surface area contributed by atoms with Gasteiger partial charge < -0.3 is 15.6 Å². The second-order valence-corrected chi connectivity index (χ2v) is 4.16. The predicted molar refractivity (Wildman–Crippen MR) is 56.9 cm³/mol. The van der Waals surface area contributed by atoms with Crippen molar-refractivity contribution in [1.29, 1.82) is 0 Å². The molecule has 6 heteroatoms. The van der Waals surface area contributed by atoms with Gasteiger partial charge in [0.1, 0.15) is 0 Å². The van der Waals surface area contributed by atoms with Gasteiger partial charge in [-0.2, -0.15) is 4.98 Å². The van der Waals surface area contributed by atoms with E-state index >= 15 is 0 Å². The molecule has 1 aromatic heterocycles. The lowest BCUT2D eigenvalue weighted by molar-refractivity contribution is 0.0950. The van der Waals surface area contributed by atoms with Gasteiger partial charge >= 0.3 is 0 Å². The average molecular weight is 224 g/mol. The Balaban J connectivity index is 2.09. The fourth-order valence-corrected chi connectivity index (χ4v) is 2.06. The van der Waals surface area contributed by atoms with Crippen molar-refractivity contribution >= 4 is 5.91 Å². The molecule has 1 aromatic rings. The molecule has 2 atom stereocenters. The van der Waals surface area contributed by atoms with Gasteiger partial charge in [-0.3, -0.25) is 4.79 Å². The Bertz CT molecular complexity index is 377. The number of hydrogen-bond donors (Lipinski definition) is 2. The monoisotopic (exact) mass is 224 g/mol. The minimum atomic E-state index is -0.324. The molecular weight excluding hydrogens is 208 g/mol. The molecule has 3 N–H and O–H groups in total. The number of carbonyl (C=O) groups is 1. The maximum absolute atomic E-state index is 11.3. The van der Waals surface area contributed by atoms with Crippen molar-refractivity contribution in [3.8, 4) is 0 Å². The Labute approximate surface area is 93.6 Å². The van der Waals surface area contributed by atoms with Crippen LogP contribution >= 0.6 is 0 Å². The molecule has 1 fully saturated rings. The Hall–Kier alpha value is -1.43. The number of amides is 1. The molecule has 2 unspecified atom stereocenters. The zero-order chi connectivity index (χ0) is 11.5. The van der Waals surface area contributed by atoms with E-state index in [1.807, 2.05) is 0 Å². The Morgan fingerprint density at radius 1 is 1.56 bits per heavy atom. The van der Waals surface area contributed by atoms with Crippen LogP contribution in [0.5, 0.6) is 0 Å². The molecule has 0 radical (unpaired) electrons. The van der Waals surface area contributed by atoms with Gasteiger partial charge in [-0.1, -0.05) is 11.6 Å². The molecule has 0 aromatic carbocycles. The maximum Gasteiger partial charge on any atom is 0.292 e. The van der Waals surface area contributed by atoms with Crippen LogP contribution in [0.1, 0.15) is 48.1 Å². The van der Waals surface area contributed by atoms with E-state index in [0.717, 1.165) is 25.7 Å². The highest BCUT2D eigenvalue weighted by Crippen LogP contribution is 2.30. The van der Waals surface area contributed by atoms with Gasteiger partial charge in [0, 0.05) is 19.0 Å². The van der Waals surface area contributed by atoms with Crippen LogP contribution in [0.15, 0.2) is 4.52 Å². The fourth-order valence-electron chi connectivity index (χ4n) is 2.06. The number of rotatable bonds is 2. The van der Waals surface area contributed by atoms with Crippen LogP contribution in [-0.4, -0.2) is 29.1 Å². The normalized spacial score (nSPS) is 25.4. The number of nitrogens with zero attached hydrogens (tertiary/aromatic N) is 2. The van der Waals surface area contributed by atoms with E-state index in [-0.39, 0.29) is 23.7 Å². The van der Waals surface area contributed by atoms with Gasteiger partial charge in [0.15, 0.2) is 0 Å². The maximum atomic E-state index is 11.3. The zero-order valence-corrected chi connectivity index (χ0v) is 9.27. The highest BCUT2D eigenvalue weighted by molar-refractivity contribution is 5.89. The summed E-state index contributed by atoms with van der Waals surface area (Å²) < 4.78 is 5.10. The summed E-state index contributed by atoms with van der Waals surface area (Å²) >= 11 is 0. The molecule has 0 bridgehead atoms. The third kappa shape index (κ3) is 2.21. The van der Waals surface area contributed by atoms with Gasteiger partial charge in [0.2, 0.25) is 5.89 Å². The molecule has 0 aliphatic heterocycles. The summed E-state index contributed by atoms with van der Waals surface area (Å²) in [5.74, 6) is 0.509. The van der Waals surface area contributed by atoms with Gasteiger partial charge in [-0.15, -0.1) is 0 Å². The average Bonchev–Trinajstić information content (AvgIpc) is 2.77. The number of carbonyl (C=O) groups excluding carboxylic acids is 1. The third-order valence-electron chi connectivity index (χ3n) is 2.94. The van der Waals surface area contributed by atoms with E-state index in [0.29, 0.717) is 5.89 Å². The molecule has 16 heavy (non-hydrogen) atoms. The minimum Gasteiger partial charge on any atom is -0.352 e. The van der Waals surface area contributed by atoms with Gasteiger partial charge in [0.05, 0.1) is 0 Å². The summed E-state index contributed by atoms with van der Waals surface area (Å²) in [5.41, 5.74) is 5.89. The van der Waals surface area contributed by atoms with Crippen LogP contribution in [0.25, 0.3) is 0 Å². The van der Waals surface area contributed by atoms with Crippen LogP contribution < -0.4 is 11.1 Å². The third-order valence-corrected chi connectivity index (χ3v) is 2.94. The molecule has 1 amide bonds. The summed E-state index contributed by atoms with van der Waals surface area (Å²) in [4.78, 5) is 15.3. The van der Waals surface area contributed by atoms with E-state index in [1.165, 1.54) is 7.05 Å². The van der Waals surface area contributed by atoms with E-state index in [9.17, 15) is 4.79 Å². The van der Waals surface area contributed by atoms with Crippen LogP contribution in [0.3, 0.4) is 0 Å². The van der Waals surface area contributed by atoms with Crippen molar-refractivity contribution in [3.05, 3.63) is 11.7 Å². The Morgan fingerprint density at radius 3 is 3.06 bits per heavy atom. The minimum absolute atomic E-state index is 0.0941. The zero-order valence-electron chi connectivity index (χ0n) is 9.27. The van der Waals surface area contributed by atoms with Crippen molar-refractivity contribution in [2.45, 2.75) is 37.6 Å². The van der Waals surface area contributed by atoms with Crippen molar-refractivity contribution < 1.29 is 9.32 Å². The summed E-state index contributed by atoms with van der Waals surface area (Å²) in [6, 6.07) is 0.203. The van der Waals surface area contributed by atoms with Crippen LogP contribution in [0.2, 0.25) is 0 Å². The highest BCUT2D eigenvalue weighted by atomic mass is 16.5. The largest absolute Gasteiger partial charge is 0.352 e. The summed E-state index contributed by atoms with van der Waals surface area (Å²) in [7, 11) is 1.54. The first kappa shape index (κ1) is 11.1. The van der Waals surface area contributed by atoms with E-state index in [4.69, 9.17) is 10.3 Å². The summed E-state index contributed by atoms with van der Waals surface area (Å²) in [6.45, 7) is 0. The van der Waals surface area contributed by atoms with Crippen molar-refractivity contribution in [1.82, 2.24) is 15.5 Å². The SMILES string of the molecule is CNC(=O)c1noc(C2CCCC(N)C2)n1. The standard InChI is InChI=1S/C10H16N4O2/c1-12-9(15)8-13-10(16-14-8)6-3-2-4-7(11)5-6/h6-7H,2-5,11H2,1H3,(H,12,15). The molecule has 0 spiro atoms. The predicted octanol–water partition coefficient (Wildman–Crippen LogP) is 0.414. The topological polar surface area (TPSA) is 94.0 Å².